The maximum Gasteiger partial charge on any atom is 0.310 e. The number of nitrogens with zero attached hydrogens (tertiary/aromatic N) is 1. The van der Waals surface area contributed by atoms with Crippen molar-refractivity contribution in [2.75, 3.05) is 5.32 Å². The first-order chi connectivity index (χ1) is 10.5. The van der Waals surface area contributed by atoms with Crippen molar-refractivity contribution in [1.82, 2.24) is 0 Å². The Hall–Kier alpha value is -2.60. The molecular formula is C15H13ClN2O4. The second-order valence-corrected chi connectivity index (χ2v) is 4.92. The molecule has 114 valence electrons. The van der Waals surface area contributed by atoms with Crippen LogP contribution in [-0.4, -0.2) is 16.9 Å². The van der Waals surface area contributed by atoms with E-state index in [0.29, 0.717) is 10.7 Å². The molecule has 22 heavy (non-hydrogen) atoms. The van der Waals surface area contributed by atoms with Crippen molar-refractivity contribution in [3.05, 3.63) is 63.7 Å². The fraction of sp³-hybridized carbons (Fsp3) is 0.133. The van der Waals surface area contributed by atoms with Crippen LogP contribution in [0.5, 0.6) is 5.75 Å². The molecule has 6 nitrogen and oxygen atoms in total. The van der Waals surface area contributed by atoms with Gasteiger partial charge in [0.25, 0.3) is 5.91 Å². The summed E-state index contributed by atoms with van der Waals surface area (Å²) in [6.45, 7) is 1.52. The van der Waals surface area contributed by atoms with Gasteiger partial charge in [-0.3, -0.25) is 14.9 Å². The highest BCUT2D eigenvalue weighted by Gasteiger charge is 2.20. The number of benzene rings is 2. The van der Waals surface area contributed by atoms with Crippen LogP contribution >= 0.6 is 11.6 Å². The molecule has 1 N–H and O–H groups in total. The summed E-state index contributed by atoms with van der Waals surface area (Å²) in [6.07, 6.45) is -0.892. The summed E-state index contributed by atoms with van der Waals surface area (Å²) in [7, 11) is 0. The lowest BCUT2D eigenvalue weighted by Gasteiger charge is -2.14. The third-order valence-corrected chi connectivity index (χ3v) is 3.10. The van der Waals surface area contributed by atoms with Gasteiger partial charge in [0, 0.05) is 16.8 Å². The Bertz CT molecular complexity index is 688. The van der Waals surface area contributed by atoms with Crippen molar-refractivity contribution >= 4 is 28.9 Å². The molecule has 1 amide bonds. The molecule has 0 aromatic heterocycles. The van der Waals surface area contributed by atoms with Gasteiger partial charge in [-0.25, -0.2) is 0 Å². The van der Waals surface area contributed by atoms with Crippen LogP contribution in [-0.2, 0) is 4.79 Å². The Labute approximate surface area is 131 Å². The third-order valence-electron chi connectivity index (χ3n) is 2.85. The van der Waals surface area contributed by atoms with Crippen molar-refractivity contribution in [3.63, 3.8) is 0 Å². The average molecular weight is 321 g/mol. The van der Waals surface area contributed by atoms with Crippen LogP contribution in [0, 0.1) is 10.1 Å². The first-order valence-corrected chi connectivity index (χ1v) is 6.81. The molecule has 0 aliphatic carbocycles. The van der Waals surface area contributed by atoms with Gasteiger partial charge in [-0.15, -0.1) is 0 Å². The van der Waals surface area contributed by atoms with E-state index in [-0.39, 0.29) is 11.4 Å². The molecule has 2 aromatic carbocycles. The van der Waals surface area contributed by atoms with Crippen LogP contribution in [0.2, 0.25) is 5.02 Å². The summed E-state index contributed by atoms with van der Waals surface area (Å²) in [6, 6.07) is 12.5. The lowest BCUT2D eigenvalue weighted by Crippen LogP contribution is -2.30. The number of hydrogen-bond acceptors (Lipinski definition) is 4. The number of para-hydroxylation sites is 2. The second-order valence-electron chi connectivity index (χ2n) is 4.48. The first-order valence-electron chi connectivity index (χ1n) is 6.44. The molecule has 1 atom stereocenters. The maximum atomic E-state index is 12.0. The quantitative estimate of drug-likeness (QED) is 0.673. The van der Waals surface area contributed by atoms with Gasteiger partial charge in [-0.1, -0.05) is 23.7 Å². The minimum absolute atomic E-state index is 0.0475. The van der Waals surface area contributed by atoms with Gasteiger partial charge in [0.15, 0.2) is 11.9 Å². The molecule has 0 aliphatic heterocycles. The smallest absolute Gasteiger partial charge is 0.310 e. The lowest BCUT2D eigenvalue weighted by molar-refractivity contribution is -0.386. The first kappa shape index (κ1) is 15.8. The minimum atomic E-state index is -0.892. The molecule has 0 saturated heterocycles. The number of carbonyl (C=O) groups excluding carboxylic acids is 1. The van der Waals surface area contributed by atoms with E-state index in [1.54, 1.807) is 30.3 Å². The number of nitrogens with one attached hydrogen (secondary N) is 1. The lowest BCUT2D eigenvalue weighted by atomic mass is 10.2. The molecule has 0 radical (unpaired) electrons. The molecular weight excluding hydrogens is 308 g/mol. The van der Waals surface area contributed by atoms with E-state index in [0.717, 1.165) is 0 Å². The van der Waals surface area contributed by atoms with Gasteiger partial charge in [0.05, 0.1) is 4.92 Å². The van der Waals surface area contributed by atoms with Crippen molar-refractivity contribution in [2.45, 2.75) is 13.0 Å². The summed E-state index contributed by atoms with van der Waals surface area (Å²) < 4.78 is 5.38. The number of nitro benzene ring substituents is 1. The molecule has 0 fully saturated rings. The molecule has 0 aliphatic rings. The van der Waals surface area contributed by atoms with Crippen LogP contribution < -0.4 is 10.1 Å². The Morgan fingerprint density at radius 3 is 2.50 bits per heavy atom. The molecule has 0 unspecified atom stereocenters. The summed E-state index contributed by atoms with van der Waals surface area (Å²) in [4.78, 5) is 22.4. The molecule has 2 rings (SSSR count). The van der Waals surface area contributed by atoms with Crippen LogP contribution in [0.3, 0.4) is 0 Å². The normalized spacial score (nSPS) is 11.5. The number of halogens is 1. The topological polar surface area (TPSA) is 81.5 Å². The Morgan fingerprint density at radius 1 is 1.23 bits per heavy atom. The van der Waals surface area contributed by atoms with E-state index >= 15 is 0 Å². The monoisotopic (exact) mass is 320 g/mol. The van der Waals surface area contributed by atoms with E-state index in [9.17, 15) is 14.9 Å². The third kappa shape index (κ3) is 3.95. The van der Waals surface area contributed by atoms with Gasteiger partial charge in [0.2, 0.25) is 0 Å². The number of rotatable bonds is 5. The highest BCUT2D eigenvalue weighted by atomic mass is 35.5. The molecule has 0 bridgehead atoms. The van der Waals surface area contributed by atoms with Gasteiger partial charge in [-0.05, 0) is 37.3 Å². The molecule has 0 spiro atoms. The van der Waals surface area contributed by atoms with Crippen LogP contribution in [0.25, 0.3) is 0 Å². The zero-order valence-electron chi connectivity index (χ0n) is 11.7. The Morgan fingerprint density at radius 2 is 1.86 bits per heavy atom. The standard InChI is InChI=1S/C15H13ClN2O4/c1-10(15(19)17-12-8-6-11(16)7-9-12)22-14-5-3-2-4-13(14)18(20)21/h2-10H,1H3,(H,17,19)/t10-/m1/s1. The summed E-state index contributed by atoms with van der Waals surface area (Å²) in [5, 5.41) is 14.1. The summed E-state index contributed by atoms with van der Waals surface area (Å²) in [5.41, 5.74) is 0.376. The highest BCUT2D eigenvalue weighted by Crippen LogP contribution is 2.27. The van der Waals surface area contributed by atoms with E-state index < -0.39 is 16.9 Å². The van der Waals surface area contributed by atoms with Gasteiger partial charge in [0.1, 0.15) is 0 Å². The van der Waals surface area contributed by atoms with Crippen LogP contribution in [0.4, 0.5) is 11.4 Å². The fourth-order valence-corrected chi connectivity index (χ4v) is 1.85. The van der Waals surface area contributed by atoms with Gasteiger partial charge in [-0.2, -0.15) is 0 Å². The van der Waals surface area contributed by atoms with Crippen molar-refractivity contribution in [2.24, 2.45) is 0 Å². The highest BCUT2D eigenvalue weighted by molar-refractivity contribution is 6.30. The van der Waals surface area contributed by atoms with E-state index in [1.165, 1.54) is 25.1 Å². The zero-order chi connectivity index (χ0) is 16.1. The van der Waals surface area contributed by atoms with E-state index in [1.807, 2.05) is 0 Å². The molecule has 0 heterocycles. The molecule has 0 saturated carbocycles. The number of anilines is 1. The molecule has 2 aromatic rings. The van der Waals surface area contributed by atoms with Crippen molar-refractivity contribution in [3.8, 4) is 5.75 Å². The number of carbonyl (C=O) groups is 1. The van der Waals surface area contributed by atoms with E-state index in [4.69, 9.17) is 16.3 Å². The second kappa shape index (κ2) is 6.91. The number of amides is 1. The van der Waals surface area contributed by atoms with Gasteiger partial charge >= 0.3 is 5.69 Å². The van der Waals surface area contributed by atoms with Crippen LogP contribution in [0.1, 0.15) is 6.92 Å². The summed E-state index contributed by atoms with van der Waals surface area (Å²) >= 11 is 5.76. The fourth-order valence-electron chi connectivity index (χ4n) is 1.73. The number of hydrogen-bond donors (Lipinski definition) is 1. The SMILES string of the molecule is C[C@@H](Oc1ccccc1[N+](=O)[O-])C(=O)Nc1ccc(Cl)cc1. The number of ether oxygens (including phenoxy) is 1. The maximum absolute atomic E-state index is 12.0. The summed E-state index contributed by atoms with van der Waals surface area (Å²) in [5.74, 6) is -0.369. The zero-order valence-corrected chi connectivity index (χ0v) is 12.4. The van der Waals surface area contributed by atoms with E-state index in [2.05, 4.69) is 5.32 Å². The molecule has 7 heteroatoms. The largest absolute Gasteiger partial charge is 0.474 e. The number of nitro groups is 1. The van der Waals surface area contributed by atoms with Crippen LogP contribution in [0.15, 0.2) is 48.5 Å². The average Bonchev–Trinajstić information content (AvgIpc) is 2.49. The van der Waals surface area contributed by atoms with Gasteiger partial charge < -0.3 is 10.1 Å². The minimum Gasteiger partial charge on any atom is -0.474 e. The Balaban J connectivity index is 2.05. The predicted molar refractivity (Wildman–Crippen MR) is 83.3 cm³/mol. The van der Waals surface area contributed by atoms with Crippen molar-refractivity contribution < 1.29 is 14.5 Å². The Kier molecular flexibility index (Phi) is 4.95. The predicted octanol–water partition coefficient (Wildman–Crippen LogP) is 3.65. The van der Waals surface area contributed by atoms with Crippen molar-refractivity contribution in [1.29, 1.82) is 0 Å².